The summed E-state index contributed by atoms with van der Waals surface area (Å²) in [6.07, 6.45) is 3.26. The van der Waals surface area contributed by atoms with E-state index in [1.54, 1.807) is 30.5 Å². The summed E-state index contributed by atoms with van der Waals surface area (Å²) >= 11 is 1.27. The maximum atomic E-state index is 13.7. The van der Waals surface area contributed by atoms with E-state index in [1.807, 2.05) is 4.57 Å². The third kappa shape index (κ3) is 3.19. The van der Waals surface area contributed by atoms with Gasteiger partial charge in [-0.05, 0) is 18.2 Å². The normalized spacial score (nSPS) is 10.9. The van der Waals surface area contributed by atoms with Crippen LogP contribution >= 0.6 is 11.8 Å². The van der Waals surface area contributed by atoms with Gasteiger partial charge in [-0.25, -0.2) is 8.78 Å². The van der Waals surface area contributed by atoms with Crippen molar-refractivity contribution in [3.8, 4) is 11.6 Å². The second-order valence-electron chi connectivity index (χ2n) is 4.68. The summed E-state index contributed by atoms with van der Waals surface area (Å²) in [6, 6.07) is 7.67. The Morgan fingerprint density at radius 2 is 2.09 bits per heavy atom. The van der Waals surface area contributed by atoms with Gasteiger partial charge in [-0.3, -0.25) is 4.57 Å². The highest BCUT2D eigenvalue weighted by atomic mass is 32.2. The third-order valence-corrected chi connectivity index (χ3v) is 4.17. The highest BCUT2D eigenvalue weighted by Crippen LogP contribution is 2.27. The maximum absolute atomic E-state index is 13.7. The fourth-order valence-electron chi connectivity index (χ4n) is 2.08. The fraction of sp³-hybridized carbons (Fsp3) is 0.125. The molecule has 0 bridgehead atoms. The minimum Gasteiger partial charge on any atom is -0.461 e. The topological polar surface area (TPSA) is 43.9 Å². The monoisotopic (exact) mass is 333 g/mol. The van der Waals surface area contributed by atoms with Crippen LogP contribution in [0.1, 0.15) is 5.56 Å². The summed E-state index contributed by atoms with van der Waals surface area (Å²) in [7, 11) is 0. The molecule has 0 atom stereocenters. The molecule has 0 saturated carbocycles. The van der Waals surface area contributed by atoms with Gasteiger partial charge >= 0.3 is 0 Å². The van der Waals surface area contributed by atoms with Crippen molar-refractivity contribution in [3.63, 3.8) is 0 Å². The number of rotatable bonds is 6. The quantitative estimate of drug-likeness (QED) is 0.498. The van der Waals surface area contributed by atoms with E-state index in [9.17, 15) is 8.78 Å². The first-order chi connectivity index (χ1) is 11.2. The van der Waals surface area contributed by atoms with E-state index < -0.39 is 11.6 Å². The predicted octanol–water partition coefficient (Wildman–Crippen LogP) is 4.29. The Labute approximate surface area is 135 Å². The van der Waals surface area contributed by atoms with Gasteiger partial charge in [0.2, 0.25) is 5.82 Å². The van der Waals surface area contributed by atoms with E-state index in [4.69, 9.17) is 4.42 Å². The minimum absolute atomic E-state index is 0.247. The van der Waals surface area contributed by atoms with Crippen molar-refractivity contribution in [2.45, 2.75) is 17.5 Å². The zero-order valence-corrected chi connectivity index (χ0v) is 12.9. The molecule has 1 aromatic carbocycles. The molecule has 0 radical (unpaired) electrons. The van der Waals surface area contributed by atoms with Crippen LogP contribution in [0.2, 0.25) is 0 Å². The van der Waals surface area contributed by atoms with Crippen LogP contribution in [0.4, 0.5) is 8.78 Å². The molecule has 0 amide bonds. The molecule has 2 aromatic heterocycles. The Morgan fingerprint density at radius 1 is 1.22 bits per heavy atom. The van der Waals surface area contributed by atoms with Crippen LogP contribution in [-0.4, -0.2) is 14.8 Å². The van der Waals surface area contributed by atoms with Gasteiger partial charge in [-0.2, -0.15) is 0 Å². The zero-order chi connectivity index (χ0) is 16.2. The molecular weight excluding hydrogens is 320 g/mol. The van der Waals surface area contributed by atoms with Gasteiger partial charge in [0.15, 0.2) is 22.6 Å². The number of aromatic nitrogens is 3. The van der Waals surface area contributed by atoms with E-state index in [1.165, 1.54) is 17.8 Å². The van der Waals surface area contributed by atoms with Crippen LogP contribution in [0, 0.1) is 11.6 Å². The lowest BCUT2D eigenvalue weighted by Gasteiger charge is -2.07. The van der Waals surface area contributed by atoms with E-state index >= 15 is 0 Å². The minimum atomic E-state index is -0.855. The van der Waals surface area contributed by atoms with Crippen LogP contribution in [0.25, 0.3) is 11.6 Å². The first-order valence-electron chi connectivity index (χ1n) is 6.84. The molecule has 0 N–H and O–H groups in total. The second kappa shape index (κ2) is 6.78. The Balaban J connectivity index is 1.85. The number of thioether (sulfide) groups is 1. The van der Waals surface area contributed by atoms with Gasteiger partial charge in [0.05, 0.1) is 6.26 Å². The molecule has 7 heteroatoms. The average Bonchev–Trinajstić information content (AvgIpc) is 3.19. The van der Waals surface area contributed by atoms with E-state index in [0.29, 0.717) is 23.3 Å². The van der Waals surface area contributed by atoms with Crippen molar-refractivity contribution in [2.75, 3.05) is 0 Å². The van der Waals surface area contributed by atoms with E-state index in [0.717, 1.165) is 6.07 Å². The van der Waals surface area contributed by atoms with Crippen LogP contribution in [0.15, 0.2) is 58.8 Å². The van der Waals surface area contributed by atoms with E-state index in [2.05, 4.69) is 16.8 Å². The largest absolute Gasteiger partial charge is 0.461 e. The number of furan rings is 1. The number of benzene rings is 1. The van der Waals surface area contributed by atoms with Crippen molar-refractivity contribution in [3.05, 3.63) is 66.4 Å². The Morgan fingerprint density at radius 3 is 2.83 bits per heavy atom. The number of hydrogen-bond acceptors (Lipinski definition) is 4. The third-order valence-electron chi connectivity index (χ3n) is 3.16. The first-order valence-corrected chi connectivity index (χ1v) is 7.83. The van der Waals surface area contributed by atoms with Gasteiger partial charge in [0.1, 0.15) is 0 Å². The Hall–Kier alpha value is -2.41. The zero-order valence-electron chi connectivity index (χ0n) is 12.1. The number of nitrogens with zero attached hydrogens (tertiary/aromatic N) is 3. The van der Waals surface area contributed by atoms with Gasteiger partial charge < -0.3 is 4.42 Å². The fourth-order valence-corrected chi connectivity index (χ4v) is 3.00. The lowest BCUT2D eigenvalue weighted by molar-refractivity contribution is 0.502. The van der Waals surface area contributed by atoms with Gasteiger partial charge in [-0.15, -0.1) is 16.8 Å². The summed E-state index contributed by atoms with van der Waals surface area (Å²) < 4.78 is 34.1. The number of allylic oxidation sites excluding steroid dienone is 1. The smallest absolute Gasteiger partial charge is 0.200 e. The van der Waals surface area contributed by atoms with Crippen LogP contribution in [-0.2, 0) is 12.3 Å². The molecule has 0 aliphatic rings. The van der Waals surface area contributed by atoms with Crippen molar-refractivity contribution in [1.29, 1.82) is 0 Å². The molecule has 23 heavy (non-hydrogen) atoms. The van der Waals surface area contributed by atoms with Crippen molar-refractivity contribution >= 4 is 11.8 Å². The summed E-state index contributed by atoms with van der Waals surface area (Å²) in [5.41, 5.74) is 0.280. The van der Waals surface area contributed by atoms with Gasteiger partial charge in [0.25, 0.3) is 0 Å². The molecule has 0 spiro atoms. The molecule has 0 aliphatic carbocycles. The number of halogens is 2. The maximum Gasteiger partial charge on any atom is 0.200 e. The van der Waals surface area contributed by atoms with Crippen LogP contribution in [0.5, 0.6) is 0 Å². The Bertz CT molecular complexity index is 815. The van der Waals surface area contributed by atoms with E-state index in [-0.39, 0.29) is 11.3 Å². The van der Waals surface area contributed by atoms with Crippen molar-refractivity contribution in [2.24, 2.45) is 0 Å². The summed E-state index contributed by atoms with van der Waals surface area (Å²) in [5, 5.41) is 8.81. The molecule has 2 heterocycles. The lowest BCUT2D eigenvalue weighted by Crippen LogP contribution is -2.00. The lowest BCUT2D eigenvalue weighted by atomic mass is 10.2. The summed E-state index contributed by atoms with van der Waals surface area (Å²) in [5.74, 6) is -0.287. The van der Waals surface area contributed by atoms with Crippen LogP contribution < -0.4 is 0 Å². The predicted molar refractivity (Wildman–Crippen MR) is 83.8 cm³/mol. The highest BCUT2D eigenvalue weighted by molar-refractivity contribution is 7.98. The summed E-state index contributed by atoms with van der Waals surface area (Å²) in [4.78, 5) is 0. The van der Waals surface area contributed by atoms with Gasteiger partial charge in [0, 0.05) is 17.9 Å². The Kier molecular flexibility index (Phi) is 4.57. The molecule has 0 saturated heterocycles. The highest BCUT2D eigenvalue weighted by Gasteiger charge is 2.16. The molecule has 118 valence electrons. The molecule has 3 rings (SSSR count). The standard InChI is InChI=1S/C16H13F2N3OS/c1-2-8-21-15(13-7-4-9-22-13)19-20-16(21)23-10-11-5-3-6-12(17)14(11)18/h2-7,9H,1,8,10H2. The molecule has 0 fully saturated rings. The first kappa shape index (κ1) is 15.5. The van der Waals surface area contributed by atoms with Gasteiger partial charge in [-0.1, -0.05) is 30.0 Å². The number of hydrogen-bond donors (Lipinski definition) is 0. The van der Waals surface area contributed by atoms with Crippen molar-refractivity contribution < 1.29 is 13.2 Å². The molecular formula is C16H13F2N3OS. The van der Waals surface area contributed by atoms with Crippen LogP contribution in [0.3, 0.4) is 0 Å². The summed E-state index contributed by atoms with van der Waals surface area (Å²) in [6.45, 7) is 4.20. The second-order valence-corrected chi connectivity index (χ2v) is 5.63. The molecule has 3 aromatic rings. The SMILES string of the molecule is C=CCn1c(SCc2cccc(F)c2F)nnc1-c1ccco1. The van der Waals surface area contributed by atoms with Crippen molar-refractivity contribution in [1.82, 2.24) is 14.8 Å². The average molecular weight is 333 g/mol. The molecule has 4 nitrogen and oxygen atoms in total. The molecule has 0 unspecified atom stereocenters. The molecule has 0 aliphatic heterocycles.